The molecule has 0 aliphatic heterocycles. The highest BCUT2D eigenvalue weighted by Crippen LogP contribution is 2.09. The Balaban J connectivity index is 2.70. The standard InChI is InChI=1S/C7H12F2N4O/c1-14-4-5(10)6-2-11-12-13(6)3-7(8)9/h2,5,7H,3-4,10H2,1H3. The van der Waals surface area contributed by atoms with Crippen molar-refractivity contribution in [3.05, 3.63) is 11.9 Å². The third-order valence-electron chi connectivity index (χ3n) is 1.68. The predicted molar refractivity (Wildman–Crippen MR) is 44.8 cm³/mol. The molecule has 0 saturated carbocycles. The number of nitrogens with zero attached hydrogens (tertiary/aromatic N) is 3. The Morgan fingerprint density at radius 3 is 2.93 bits per heavy atom. The summed E-state index contributed by atoms with van der Waals surface area (Å²) in [6.07, 6.45) is -1.10. The Hall–Kier alpha value is -1.08. The molecule has 1 atom stereocenters. The molecule has 0 radical (unpaired) electrons. The first kappa shape index (κ1) is 11.0. The SMILES string of the molecule is COCC(N)c1cnnn1CC(F)F. The third-order valence-corrected chi connectivity index (χ3v) is 1.68. The largest absolute Gasteiger partial charge is 0.383 e. The number of halogens is 2. The second kappa shape index (κ2) is 4.97. The minimum atomic E-state index is -2.47. The van der Waals surface area contributed by atoms with Crippen LogP contribution in [0.2, 0.25) is 0 Å². The smallest absolute Gasteiger partial charge is 0.257 e. The lowest BCUT2D eigenvalue weighted by molar-refractivity contribution is 0.117. The number of methoxy groups -OCH3 is 1. The summed E-state index contributed by atoms with van der Waals surface area (Å²) < 4.78 is 30.0. The minimum Gasteiger partial charge on any atom is -0.383 e. The molecule has 1 unspecified atom stereocenters. The summed E-state index contributed by atoms with van der Waals surface area (Å²) in [6.45, 7) is -0.247. The van der Waals surface area contributed by atoms with Crippen molar-refractivity contribution in [3.8, 4) is 0 Å². The molecular weight excluding hydrogens is 194 g/mol. The fourth-order valence-corrected chi connectivity index (χ4v) is 1.09. The molecule has 0 spiro atoms. The van der Waals surface area contributed by atoms with Gasteiger partial charge in [-0.3, -0.25) is 0 Å². The van der Waals surface area contributed by atoms with E-state index in [0.717, 1.165) is 4.68 Å². The molecule has 5 nitrogen and oxygen atoms in total. The molecular formula is C7H12F2N4O. The quantitative estimate of drug-likeness (QED) is 0.746. The molecule has 0 aliphatic rings. The lowest BCUT2D eigenvalue weighted by Crippen LogP contribution is -2.22. The Labute approximate surface area is 79.8 Å². The highest BCUT2D eigenvalue weighted by Gasteiger charge is 2.15. The zero-order chi connectivity index (χ0) is 10.6. The number of ether oxygens (including phenoxy) is 1. The number of nitrogens with two attached hydrogens (primary N) is 1. The van der Waals surface area contributed by atoms with E-state index in [1.165, 1.54) is 13.3 Å². The van der Waals surface area contributed by atoms with Crippen molar-refractivity contribution in [2.24, 2.45) is 5.73 Å². The van der Waals surface area contributed by atoms with Crippen molar-refractivity contribution in [2.75, 3.05) is 13.7 Å². The van der Waals surface area contributed by atoms with Gasteiger partial charge >= 0.3 is 0 Å². The average molecular weight is 206 g/mol. The van der Waals surface area contributed by atoms with Gasteiger partial charge in [-0.15, -0.1) is 5.10 Å². The summed E-state index contributed by atoms with van der Waals surface area (Å²) in [5, 5.41) is 7.03. The maximum atomic E-state index is 12.1. The van der Waals surface area contributed by atoms with Gasteiger partial charge in [0.2, 0.25) is 0 Å². The van der Waals surface area contributed by atoms with Crippen LogP contribution in [0, 0.1) is 0 Å². The van der Waals surface area contributed by atoms with Gasteiger partial charge in [0.15, 0.2) is 0 Å². The van der Waals surface area contributed by atoms with E-state index in [2.05, 4.69) is 10.3 Å². The molecule has 2 N–H and O–H groups in total. The summed E-state index contributed by atoms with van der Waals surface area (Å²) in [7, 11) is 1.49. The molecule has 1 aromatic rings. The Kier molecular flexibility index (Phi) is 3.90. The number of rotatable bonds is 5. The molecule has 14 heavy (non-hydrogen) atoms. The first-order valence-corrected chi connectivity index (χ1v) is 4.06. The molecule has 1 rings (SSSR count). The van der Waals surface area contributed by atoms with Crippen LogP contribution < -0.4 is 5.73 Å². The second-order valence-electron chi connectivity index (χ2n) is 2.79. The van der Waals surface area contributed by atoms with Crippen LogP contribution in [0.5, 0.6) is 0 Å². The van der Waals surface area contributed by atoms with Crippen molar-refractivity contribution >= 4 is 0 Å². The van der Waals surface area contributed by atoms with Gasteiger partial charge in [0, 0.05) is 7.11 Å². The molecule has 0 amide bonds. The lowest BCUT2D eigenvalue weighted by Gasteiger charge is -2.11. The summed E-state index contributed by atoms with van der Waals surface area (Å²) >= 11 is 0. The second-order valence-corrected chi connectivity index (χ2v) is 2.79. The van der Waals surface area contributed by atoms with Crippen LogP contribution in [-0.4, -0.2) is 35.1 Å². The van der Waals surface area contributed by atoms with E-state index in [4.69, 9.17) is 10.5 Å². The van der Waals surface area contributed by atoms with Crippen LogP contribution in [-0.2, 0) is 11.3 Å². The Bertz CT molecular complexity index is 278. The van der Waals surface area contributed by atoms with Gasteiger partial charge in [0.1, 0.15) is 6.54 Å². The molecule has 0 saturated heterocycles. The summed E-state index contributed by atoms with van der Waals surface area (Å²) in [6, 6.07) is -0.478. The first-order valence-electron chi connectivity index (χ1n) is 4.06. The van der Waals surface area contributed by atoms with E-state index in [1.807, 2.05) is 0 Å². The molecule has 0 bridgehead atoms. The maximum Gasteiger partial charge on any atom is 0.257 e. The van der Waals surface area contributed by atoms with Crippen LogP contribution in [0.4, 0.5) is 8.78 Å². The van der Waals surface area contributed by atoms with Gasteiger partial charge in [-0.25, -0.2) is 13.5 Å². The van der Waals surface area contributed by atoms with Gasteiger partial charge < -0.3 is 10.5 Å². The van der Waals surface area contributed by atoms with Crippen LogP contribution in [0.1, 0.15) is 11.7 Å². The van der Waals surface area contributed by atoms with E-state index in [1.54, 1.807) is 0 Å². The summed E-state index contributed by atoms with van der Waals surface area (Å²) in [4.78, 5) is 0. The number of hydrogen-bond acceptors (Lipinski definition) is 4. The first-order chi connectivity index (χ1) is 6.65. The Morgan fingerprint density at radius 1 is 1.64 bits per heavy atom. The predicted octanol–water partition coefficient (Wildman–Crippen LogP) is 0.189. The van der Waals surface area contributed by atoms with Crippen molar-refractivity contribution in [3.63, 3.8) is 0 Å². The molecule has 80 valence electrons. The monoisotopic (exact) mass is 206 g/mol. The average Bonchev–Trinajstić information content (AvgIpc) is 2.51. The van der Waals surface area contributed by atoms with Crippen LogP contribution in [0.3, 0.4) is 0 Å². The van der Waals surface area contributed by atoms with Crippen molar-refractivity contribution < 1.29 is 13.5 Å². The highest BCUT2D eigenvalue weighted by atomic mass is 19.3. The zero-order valence-corrected chi connectivity index (χ0v) is 7.73. The minimum absolute atomic E-state index is 0.247. The van der Waals surface area contributed by atoms with Gasteiger partial charge in [-0.2, -0.15) is 0 Å². The molecule has 0 fully saturated rings. The lowest BCUT2D eigenvalue weighted by atomic mass is 10.2. The van der Waals surface area contributed by atoms with E-state index in [-0.39, 0.29) is 6.61 Å². The third kappa shape index (κ3) is 2.71. The van der Waals surface area contributed by atoms with Gasteiger partial charge in [-0.05, 0) is 0 Å². The maximum absolute atomic E-state index is 12.1. The molecule has 0 aliphatic carbocycles. The molecule has 0 aromatic carbocycles. The summed E-state index contributed by atoms with van der Waals surface area (Å²) in [5.41, 5.74) is 6.11. The number of hydrogen-bond donors (Lipinski definition) is 1. The van der Waals surface area contributed by atoms with E-state index >= 15 is 0 Å². The van der Waals surface area contributed by atoms with Crippen LogP contribution in [0.15, 0.2) is 6.20 Å². The highest BCUT2D eigenvalue weighted by molar-refractivity contribution is 5.01. The van der Waals surface area contributed by atoms with Crippen molar-refractivity contribution in [2.45, 2.75) is 19.0 Å². The van der Waals surface area contributed by atoms with Crippen LogP contribution in [0.25, 0.3) is 0 Å². The topological polar surface area (TPSA) is 66.0 Å². The Morgan fingerprint density at radius 2 is 2.36 bits per heavy atom. The van der Waals surface area contributed by atoms with Crippen molar-refractivity contribution in [1.29, 1.82) is 0 Å². The number of aromatic nitrogens is 3. The van der Waals surface area contributed by atoms with Crippen molar-refractivity contribution in [1.82, 2.24) is 15.0 Å². The summed E-state index contributed by atoms with van der Waals surface area (Å²) in [5.74, 6) is 0. The van der Waals surface area contributed by atoms with E-state index < -0.39 is 19.0 Å². The molecule has 7 heteroatoms. The normalized spacial score (nSPS) is 13.5. The van der Waals surface area contributed by atoms with E-state index in [0.29, 0.717) is 5.69 Å². The molecule has 1 aromatic heterocycles. The fraction of sp³-hybridized carbons (Fsp3) is 0.714. The molecule has 1 heterocycles. The van der Waals surface area contributed by atoms with E-state index in [9.17, 15) is 8.78 Å². The number of alkyl halides is 2. The van der Waals surface area contributed by atoms with Gasteiger partial charge in [-0.1, -0.05) is 5.21 Å². The van der Waals surface area contributed by atoms with Gasteiger partial charge in [0.05, 0.1) is 24.5 Å². The van der Waals surface area contributed by atoms with Gasteiger partial charge in [0.25, 0.3) is 6.43 Å². The fourth-order valence-electron chi connectivity index (χ4n) is 1.09. The van der Waals surface area contributed by atoms with Crippen LogP contribution >= 0.6 is 0 Å². The zero-order valence-electron chi connectivity index (χ0n) is 7.73.